The van der Waals surface area contributed by atoms with Gasteiger partial charge in [0.05, 0.1) is 19.2 Å². The summed E-state index contributed by atoms with van der Waals surface area (Å²) >= 11 is 0. The number of ether oxygens (including phenoxy) is 1. The van der Waals surface area contributed by atoms with Gasteiger partial charge in [0.25, 0.3) is 0 Å². The highest BCUT2D eigenvalue weighted by Gasteiger charge is 2.38. The molecule has 6 nitrogen and oxygen atoms in total. The molecule has 1 saturated heterocycles. The van der Waals surface area contributed by atoms with Gasteiger partial charge in [-0.2, -0.15) is 5.26 Å². The van der Waals surface area contributed by atoms with Gasteiger partial charge in [-0.05, 0) is 19.8 Å². The van der Waals surface area contributed by atoms with Gasteiger partial charge in [0, 0.05) is 13.1 Å². The average Bonchev–Trinajstić information content (AvgIpc) is 2.85. The molecule has 1 aliphatic rings. The van der Waals surface area contributed by atoms with E-state index in [9.17, 15) is 9.59 Å². The number of nitrogens with one attached hydrogen (secondary N) is 1. The van der Waals surface area contributed by atoms with Gasteiger partial charge in [0.1, 0.15) is 5.41 Å². The van der Waals surface area contributed by atoms with Crippen LogP contribution in [0.3, 0.4) is 0 Å². The van der Waals surface area contributed by atoms with Crippen molar-refractivity contribution in [3.63, 3.8) is 0 Å². The lowest BCUT2D eigenvalue weighted by Gasteiger charge is -2.25. The highest BCUT2D eigenvalue weighted by Crippen LogP contribution is 2.25. The number of nitrogens with zero attached hydrogens (tertiary/aromatic N) is 2. The Hall–Kier alpha value is -1.77. The summed E-state index contributed by atoms with van der Waals surface area (Å²) in [6.07, 6.45) is 0.674. The molecular weight excluding hydrogens is 234 g/mol. The van der Waals surface area contributed by atoms with Gasteiger partial charge in [-0.1, -0.05) is 6.92 Å². The SMILES string of the molecule is CCC(C)(C#N)C(=O)N1CCC(NC(=O)OC)C1. The van der Waals surface area contributed by atoms with Gasteiger partial charge in [0.15, 0.2) is 0 Å². The van der Waals surface area contributed by atoms with E-state index in [4.69, 9.17) is 5.26 Å². The normalized spacial score (nSPS) is 21.9. The third-order valence-corrected chi connectivity index (χ3v) is 3.41. The fourth-order valence-corrected chi connectivity index (χ4v) is 1.92. The molecule has 1 N–H and O–H groups in total. The van der Waals surface area contributed by atoms with Crippen molar-refractivity contribution in [3.8, 4) is 6.07 Å². The summed E-state index contributed by atoms with van der Waals surface area (Å²) in [7, 11) is 1.30. The number of nitriles is 1. The smallest absolute Gasteiger partial charge is 0.407 e. The average molecular weight is 253 g/mol. The topological polar surface area (TPSA) is 82.4 Å². The van der Waals surface area contributed by atoms with Crippen molar-refractivity contribution in [2.45, 2.75) is 32.7 Å². The molecule has 2 unspecified atom stereocenters. The summed E-state index contributed by atoms with van der Waals surface area (Å²) in [6, 6.07) is 1.97. The summed E-state index contributed by atoms with van der Waals surface area (Å²) in [5, 5.41) is 11.7. The van der Waals surface area contributed by atoms with Crippen LogP contribution >= 0.6 is 0 Å². The van der Waals surface area contributed by atoms with E-state index in [1.807, 2.05) is 6.92 Å². The molecule has 0 aromatic rings. The fourth-order valence-electron chi connectivity index (χ4n) is 1.92. The quantitative estimate of drug-likeness (QED) is 0.809. The van der Waals surface area contributed by atoms with Gasteiger partial charge >= 0.3 is 6.09 Å². The summed E-state index contributed by atoms with van der Waals surface area (Å²) < 4.78 is 4.51. The lowest BCUT2D eigenvalue weighted by atomic mass is 9.88. The predicted molar refractivity (Wildman–Crippen MR) is 64.5 cm³/mol. The van der Waals surface area contributed by atoms with Gasteiger partial charge in [-0.3, -0.25) is 4.79 Å². The molecule has 6 heteroatoms. The van der Waals surface area contributed by atoms with E-state index in [0.717, 1.165) is 0 Å². The Morgan fingerprint density at radius 1 is 1.61 bits per heavy atom. The molecule has 18 heavy (non-hydrogen) atoms. The molecule has 1 rings (SSSR count). The molecule has 2 amide bonds. The first-order chi connectivity index (χ1) is 8.46. The van der Waals surface area contributed by atoms with Crippen molar-refractivity contribution in [2.24, 2.45) is 5.41 Å². The first-order valence-corrected chi connectivity index (χ1v) is 6.02. The number of methoxy groups -OCH3 is 1. The van der Waals surface area contributed by atoms with Crippen LogP contribution in [0.25, 0.3) is 0 Å². The molecule has 100 valence electrons. The Labute approximate surface area is 107 Å². The van der Waals surface area contributed by atoms with E-state index in [2.05, 4.69) is 16.1 Å². The first-order valence-electron chi connectivity index (χ1n) is 6.02. The number of likely N-dealkylation sites (tertiary alicyclic amines) is 1. The van der Waals surface area contributed by atoms with Crippen LogP contribution in [0.5, 0.6) is 0 Å². The summed E-state index contributed by atoms with van der Waals surface area (Å²) in [6.45, 7) is 4.47. The minimum Gasteiger partial charge on any atom is -0.453 e. The Morgan fingerprint density at radius 3 is 2.78 bits per heavy atom. The highest BCUT2D eigenvalue weighted by molar-refractivity contribution is 5.85. The summed E-state index contributed by atoms with van der Waals surface area (Å²) in [5.74, 6) is -0.165. The molecule has 0 bridgehead atoms. The van der Waals surface area contributed by atoms with E-state index >= 15 is 0 Å². The predicted octanol–water partition coefficient (Wildman–Crippen LogP) is 0.883. The highest BCUT2D eigenvalue weighted by atomic mass is 16.5. The van der Waals surface area contributed by atoms with Gasteiger partial charge in [-0.15, -0.1) is 0 Å². The van der Waals surface area contributed by atoms with Gasteiger partial charge in [-0.25, -0.2) is 4.79 Å². The van der Waals surface area contributed by atoms with Crippen molar-refractivity contribution in [2.75, 3.05) is 20.2 Å². The van der Waals surface area contributed by atoms with Crippen LogP contribution < -0.4 is 5.32 Å². The Balaban J connectivity index is 2.59. The molecule has 2 atom stereocenters. The number of alkyl carbamates (subject to hydrolysis) is 1. The van der Waals surface area contributed by atoms with E-state index in [-0.39, 0.29) is 11.9 Å². The summed E-state index contributed by atoms with van der Waals surface area (Å²) in [4.78, 5) is 24.9. The van der Waals surface area contributed by atoms with Crippen LogP contribution in [-0.2, 0) is 9.53 Å². The lowest BCUT2D eigenvalue weighted by Crippen LogP contribution is -2.43. The van der Waals surface area contributed by atoms with Crippen molar-refractivity contribution in [1.82, 2.24) is 10.2 Å². The Bertz CT molecular complexity index is 377. The zero-order valence-corrected chi connectivity index (χ0v) is 11.0. The first kappa shape index (κ1) is 14.3. The second-order valence-corrected chi connectivity index (χ2v) is 4.67. The third-order valence-electron chi connectivity index (χ3n) is 3.41. The molecule has 0 spiro atoms. The zero-order chi connectivity index (χ0) is 13.8. The standard InChI is InChI=1S/C12H19N3O3/c1-4-12(2,8-13)10(16)15-6-5-9(7-15)14-11(17)18-3/h9H,4-7H2,1-3H3,(H,14,17). The monoisotopic (exact) mass is 253 g/mol. The molecule has 1 aliphatic heterocycles. The number of carbonyl (C=O) groups is 2. The molecule has 0 aromatic carbocycles. The minimum atomic E-state index is -0.972. The molecule has 1 heterocycles. The second-order valence-electron chi connectivity index (χ2n) is 4.67. The lowest BCUT2D eigenvalue weighted by molar-refractivity contribution is -0.137. The van der Waals surface area contributed by atoms with Crippen LogP contribution in [0.1, 0.15) is 26.7 Å². The number of carbonyl (C=O) groups excluding carboxylic acids is 2. The van der Waals surface area contributed by atoms with E-state index in [0.29, 0.717) is 25.9 Å². The van der Waals surface area contributed by atoms with E-state index in [1.54, 1.807) is 11.8 Å². The molecular formula is C12H19N3O3. The van der Waals surface area contributed by atoms with Crippen LogP contribution in [0.2, 0.25) is 0 Å². The van der Waals surface area contributed by atoms with Crippen LogP contribution in [0.4, 0.5) is 4.79 Å². The van der Waals surface area contributed by atoms with Crippen LogP contribution in [-0.4, -0.2) is 43.1 Å². The second kappa shape index (κ2) is 5.71. The van der Waals surface area contributed by atoms with Gasteiger partial charge in [0.2, 0.25) is 5.91 Å². The molecule has 1 fully saturated rings. The molecule has 0 aliphatic carbocycles. The zero-order valence-electron chi connectivity index (χ0n) is 11.0. The molecule has 0 radical (unpaired) electrons. The summed E-state index contributed by atoms with van der Waals surface area (Å²) in [5.41, 5.74) is -0.972. The van der Waals surface area contributed by atoms with Crippen molar-refractivity contribution >= 4 is 12.0 Å². The maximum absolute atomic E-state index is 12.2. The number of amides is 2. The maximum atomic E-state index is 12.2. The van der Waals surface area contributed by atoms with Crippen LogP contribution in [0, 0.1) is 16.7 Å². The number of rotatable bonds is 3. The van der Waals surface area contributed by atoms with E-state index < -0.39 is 11.5 Å². The minimum absolute atomic E-state index is 0.0961. The maximum Gasteiger partial charge on any atom is 0.407 e. The Morgan fingerprint density at radius 2 is 2.28 bits per heavy atom. The third kappa shape index (κ3) is 2.92. The van der Waals surface area contributed by atoms with E-state index in [1.165, 1.54) is 7.11 Å². The Kier molecular flexibility index (Phi) is 4.54. The van der Waals surface area contributed by atoms with Crippen molar-refractivity contribution < 1.29 is 14.3 Å². The number of hydrogen-bond acceptors (Lipinski definition) is 4. The molecule has 0 saturated carbocycles. The van der Waals surface area contributed by atoms with Crippen molar-refractivity contribution in [1.29, 1.82) is 5.26 Å². The number of hydrogen-bond donors (Lipinski definition) is 1. The fraction of sp³-hybridized carbons (Fsp3) is 0.750. The van der Waals surface area contributed by atoms with Crippen molar-refractivity contribution in [3.05, 3.63) is 0 Å². The largest absolute Gasteiger partial charge is 0.453 e. The molecule has 0 aromatic heterocycles. The van der Waals surface area contributed by atoms with Crippen LogP contribution in [0.15, 0.2) is 0 Å². The van der Waals surface area contributed by atoms with Gasteiger partial charge < -0.3 is 15.0 Å².